The van der Waals surface area contributed by atoms with Crippen LogP contribution in [-0.4, -0.2) is 9.55 Å². The van der Waals surface area contributed by atoms with Crippen LogP contribution in [0, 0.1) is 6.92 Å². The maximum Gasteiger partial charge on any atom is 0.0782 e. The van der Waals surface area contributed by atoms with Crippen LogP contribution >= 0.6 is 0 Å². The van der Waals surface area contributed by atoms with Crippen molar-refractivity contribution in [1.82, 2.24) is 9.55 Å². The molecule has 0 radical (unpaired) electrons. The Balaban J connectivity index is 0.000000390. The van der Waals surface area contributed by atoms with Crippen LogP contribution in [0.3, 0.4) is 0 Å². The number of fused-ring (bicyclic) bond motifs is 3. The Labute approximate surface area is 251 Å². The smallest absolute Gasteiger partial charge is 0.0782 e. The van der Waals surface area contributed by atoms with Crippen molar-refractivity contribution < 1.29 is 0 Å². The van der Waals surface area contributed by atoms with Crippen molar-refractivity contribution in [3.63, 3.8) is 0 Å². The van der Waals surface area contributed by atoms with Crippen LogP contribution < -0.4 is 0 Å². The highest BCUT2D eigenvalue weighted by molar-refractivity contribution is 6.10. The highest BCUT2D eigenvalue weighted by atomic mass is 15.0. The average molecular weight is 551 g/mol. The number of para-hydroxylation sites is 2. The molecule has 6 rings (SSSR count). The summed E-state index contributed by atoms with van der Waals surface area (Å²) in [4.78, 5) is 4.79. The second-order valence-corrected chi connectivity index (χ2v) is 10.2. The predicted molar refractivity (Wildman–Crippen MR) is 185 cm³/mol. The molecule has 2 aromatic heterocycles. The van der Waals surface area contributed by atoms with Gasteiger partial charge in [-0.15, -0.1) is 0 Å². The summed E-state index contributed by atoms with van der Waals surface area (Å²) < 4.78 is 2.33. The first-order chi connectivity index (χ1) is 20.6. The Morgan fingerprint density at radius 1 is 0.857 bits per heavy atom. The first kappa shape index (κ1) is 30.3. The van der Waals surface area contributed by atoms with Gasteiger partial charge in [0.2, 0.25) is 0 Å². The largest absolute Gasteiger partial charge is 0.309 e. The zero-order valence-corrected chi connectivity index (χ0v) is 25.6. The fourth-order valence-electron chi connectivity index (χ4n) is 5.25. The van der Waals surface area contributed by atoms with Crippen molar-refractivity contribution in [2.45, 2.75) is 47.5 Å². The number of hydrogen-bond donors (Lipinski definition) is 0. The molecule has 0 fully saturated rings. The fourth-order valence-corrected chi connectivity index (χ4v) is 5.25. The topological polar surface area (TPSA) is 17.8 Å². The van der Waals surface area contributed by atoms with E-state index in [1.807, 2.05) is 57.3 Å². The van der Waals surface area contributed by atoms with E-state index in [1.165, 1.54) is 45.8 Å². The lowest BCUT2D eigenvalue weighted by molar-refractivity contribution is 0.962. The normalized spacial score (nSPS) is 12.6. The molecular formula is C40H42N2. The quantitative estimate of drug-likeness (QED) is 0.199. The van der Waals surface area contributed by atoms with Gasteiger partial charge in [-0.3, -0.25) is 4.98 Å². The predicted octanol–water partition coefficient (Wildman–Crippen LogP) is 11.6. The highest BCUT2D eigenvalue weighted by Gasteiger charge is 2.16. The van der Waals surface area contributed by atoms with Crippen molar-refractivity contribution in [3.05, 3.63) is 151 Å². The molecule has 0 unspecified atom stereocenters. The van der Waals surface area contributed by atoms with Crippen LogP contribution in [-0.2, 0) is 0 Å². The number of rotatable bonds is 5. The number of hydrogen-bond acceptors (Lipinski definition) is 1. The van der Waals surface area contributed by atoms with Gasteiger partial charge in [-0.25, -0.2) is 0 Å². The Bertz CT molecular complexity index is 1780. The Hall–Kier alpha value is -4.69. The second-order valence-electron chi connectivity index (χ2n) is 10.2. The molecule has 0 atom stereocenters. The summed E-state index contributed by atoms with van der Waals surface area (Å²) in [6, 6.07) is 27.8. The van der Waals surface area contributed by atoms with Crippen molar-refractivity contribution in [2.24, 2.45) is 0 Å². The second kappa shape index (κ2) is 14.8. The molecule has 2 heterocycles. The van der Waals surface area contributed by atoms with Crippen LogP contribution in [0.15, 0.2) is 140 Å². The average Bonchev–Trinajstić information content (AvgIpc) is 3.37. The van der Waals surface area contributed by atoms with Gasteiger partial charge in [-0.2, -0.15) is 0 Å². The molecule has 0 amide bonds. The molecule has 1 aliphatic carbocycles. The zero-order chi connectivity index (χ0) is 29.9. The number of pyridine rings is 1. The standard InChI is InChI=1S/C31H26N2.C7H10.C2H6/c1-4-5-7-12-22(2)30-23(3)19-20-32-31(30)24-17-18-29-27(21-24)26-15-10-11-16-28(26)33(29)25-13-8-6-9-14-25;1-7-5-3-2-4-6-7;1-2/h4-21H,2H2,1,3H3;2-3,5H,4,6H2,1H3;1-2H3/b5-4-,12-7-;;. The van der Waals surface area contributed by atoms with Crippen molar-refractivity contribution in [1.29, 1.82) is 0 Å². The van der Waals surface area contributed by atoms with Crippen LogP contribution in [0.5, 0.6) is 0 Å². The van der Waals surface area contributed by atoms with E-state index in [0.717, 1.165) is 28.1 Å². The van der Waals surface area contributed by atoms with Crippen LogP contribution in [0.25, 0.3) is 44.3 Å². The summed E-state index contributed by atoms with van der Waals surface area (Å²) in [7, 11) is 0. The van der Waals surface area contributed by atoms with Crippen LogP contribution in [0.1, 0.15) is 51.7 Å². The number of aromatic nitrogens is 2. The van der Waals surface area contributed by atoms with E-state index in [9.17, 15) is 0 Å². The van der Waals surface area contributed by atoms with E-state index in [1.54, 1.807) is 0 Å². The first-order valence-corrected chi connectivity index (χ1v) is 14.9. The summed E-state index contributed by atoms with van der Waals surface area (Å²) in [5.74, 6) is 0. The van der Waals surface area contributed by atoms with Gasteiger partial charge in [0.05, 0.1) is 16.7 Å². The summed E-state index contributed by atoms with van der Waals surface area (Å²) in [6.45, 7) is 14.6. The van der Waals surface area contributed by atoms with E-state index < -0.39 is 0 Å². The van der Waals surface area contributed by atoms with Crippen molar-refractivity contribution >= 4 is 27.4 Å². The number of allylic oxidation sites excluding steroid dienone is 9. The molecule has 0 saturated carbocycles. The van der Waals surface area contributed by atoms with Gasteiger partial charge in [0.25, 0.3) is 0 Å². The van der Waals surface area contributed by atoms with E-state index in [-0.39, 0.29) is 0 Å². The summed E-state index contributed by atoms with van der Waals surface area (Å²) >= 11 is 0. The monoisotopic (exact) mass is 550 g/mol. The summed E-state index contributed by atoms with van der Waals surface area (Å²) in [5, 5.41) is 2.45. The number of benzene rings is 3. The molecule has 1 aliphatic rings. The van der Waals surface area contributed by atoms with Gasteiger partial charge in [0.1, 0.15) is 0 Å². The third-order valence-corrected chi connectivity index (χ3v) is 7.26. The molecule has 0 saturated heterocycles. The highest BCUT2D eigenvalue weighted by Crippen LogP contribution is 2.36. The van der Waals surface area contributed by atoms with Crippen LogP contribution in [0.4, 0.5) is 0 Å². The van der Waals surface area contributed by atoms with E-state index >= 15 is 0 Å². The molecule has 2 heteroatoms. The van der Waals surface area contributed by atoms with E-state index in [4.69, 9.17) is 4.98 Å². The SMILES string of the molecule is C=C(/C=C\C=C/C)c1c(C)ccnc1-c1ccc2c(c1)c1ccccc1n2-c1ccccc1.CC.CC1=CC=CCC1. The Morgan fingerprint density at radius 3 is 2.29 bits per heavy atom. The van der Waals surface area contributed by atoms with Gasteiger partial charge in [0.15, 0.2) is 0 Å². The van der Waals surface area contributed by atoms with Gasteiger partial charge in [-0.1, -0.05) is 111 Å². The lowest BCUT2D eigenvalue weighted by atomic mass is 9.95. The van der Waals surface area contributed by atoms with Gasteiger partial charge in [-0.05, 0) is 81.1 Å². The zero-order valence-electron chi connectivity index (χ0n) is 25.6. The first-order valence-electron chi connectivity index (χ1n) is 14.9. The summed E-state index contributed by atoms with van der Waals surface area (Å²) in [5.41, 5.74) is 10.3. The fraction of sp³-hybridized carbons (Fsp3) is 0.175. The van der Waals surface area contributed by atoms with Gasteiger partial charge < -0.3 is 4.57 Å². The minimum absolute atomic E-state index is 0.959. The molecule has 42 heavy (non-hydrogen) atoms. The van der Waals surface area contributed by atoms with Crippen molar-refractivity contribution in [3.8, 4) is 16.9 Å². The molecule has 2 nitrogen and oxygen atoms in total. The maximum absolute atomic E-state index is 4.79. The minimum atomic E-state index is 0.959. The lowest BCUT2D eigenvalue weighted by Gasteiger charge is -2.13. The molecule has 3 aromatic carbocycles. The van der Waals surface area contributed by atoms with E-state index in [0.29, 0.717) is 0 Å². The summed E-state index contributed by atoms with van der Waals surface area (Å²) in [6.07, 6.45) is 19.0. The molecule has 5 aromatic rings. The molecule has 0 bridgehead atoms. The van der Waals surface area contributed by atoms with E-state index in [2.05, 4.69) is 116 Å². The van der Waals surface area contributed by atoms with Crippen molar-refractivity contribution in [2.75, 3.05) is 0 Å². The maximum atomic E-state index is 4.79. The Morgan fingerprint density at radius 2 is 1.60 bits per heavy atom. The molecule has 0 N–H and O–H groups in total. The Kier molecular flexibility index (Phi) is 10.7. The third-order valence-electron chi connectivity index (χ3n) is 7.26. The molecular weight excluding hydrogens is 508 g/mol. The number of nitrogens with zero attached hydrogens (tertiary/aromatic N) is 2. The third kappa shape index (κ3) is 6.78. The minimum Gasteiger partial charge on any atom is -0.309 e. The molecule has 0 aliphatic heterocycles. The molecule has 0 spiro atoms. The lowest BCUT2D eigenvalue weighted by Crippen LogP contribution is -1.95. The van der Waals surface area contributed by atoms with Gasteiger partial charge >= 0.3 is 0 Å². The van der Waals surface area contributed by atoms with Crippen LogP contribution in [0.2, 0.25) is 0 Å². The van der Waals surface area contributed by atoms with Gasteiger partial charge in [0, 0.05) is 33.8 Å². The number of aryl methyl sites for hydroxylation is 1. The molecule has 212 valence electrons.